The second-order valence-electron chi connectivity index (χ2n) is 8.60. The summed E-state index contributed by atoms with van der Waals surface area (Å²) in [6.45, 7) is 13.5. The van der Waals surface area contributed by atoms with Crippen molar-refractivity contribution in [1.29, 1.82) is 0 Å². The number of hydrogen-bond acceptors (Lipinski definition) is 4. The zero-order chi connectivity index (χ0) is 20.9. The number of aryl methyl sites for hydroxylation is 1. The Hall–Kier alpha value is -2.38. The van der Waals surface area contributed by atoms with Gasteiger partial charge >= 0.3 is 6.03 Å². The largest absolute Gasteiger partial charge is 0.379 e. The summed E-state index contributed by atoms with van der Waals surface area (Å²) in [5.74, 6) is 0.671. The third kappa shape index (κ3) is 6.05. The average Bonchev–Trinajstić information content (AvgIpc) is 3.11. The van der Waals surface area contributed by atoms with E-state index in [9.17, 15) is 4.79 Å². The highest BCUT2D eigenvalue weighted by Gasteiger charge is 2.21. The van der Waals surface area contributed by atoms with E-state index in [4.69, 9.17) is 9.84 Å². The normalized spacial score (nSPS) is 15.3. The van der Waals surface area contributed by atoms with Crippen LogP contribution in [0.3, 0.4) is 0 Å². The second-order valence-corrected chi connectivity index (χ2v) is 8.60. The van der Waals surface area contributed by atoms with Gasteiger partial charge in [-0.1, -0.05) is 38.5 Å². The number of morpholine rings is 1. The predicted octanol–water partition coefficient (Wildman–Crippen LogP) is 3.32. The van der Waals surface area contributed by atoms with Gasteiger partial charge in [-0.15, -0.1) is 0 Å². The number of carbonyl (C=O) groups is 1. The van der Waals surface area contributed by atoms with Crippen LogP contribution in [-0.2, 0) is 10.2 Å². The fourth-order valence-electron chi connectivity index (χ4n) is 3.21. The number of anilines is 1. The number of carbonyl (C=O) groups excluding carboxylic acids is 1. The summed E-state index contributed by atoms with van der Waals surface area (Å²) in [5, 5.41) is 10.7. The fraction of sp³-hybridized carbons (Fsp3) is 0.545. The lowest BCUT2D eigenvalue weighted by atomic mass is 9.92. The van der Waals surface area contributed by atoms with Gasteiger partial charge in [0.2, 0.25) is 0 Å². The molecule has 0 spiro atoms. The standard InChI is InChI=1S/C22H33N5O2/c1-17-6-8-18(9-7-17)27-20(16-19(25-27)22(2,3)4)24-21(28)23-10-5-11-26-12-14-29-15-13-26/h6-9,16H,5,10-15H2,1-4H3,(H2,23,24,28). The van der Waals surface area contributed by atoms with E-state index in [2.05, 4.69) is 43.2 Å². The SMILES string of the molecule is Cc1ccc(-n2nc(C(C)(C)C)cc2NC(=O)NCCCN2CCOCC2)cc1. The maximum atomic E-state index is 12.5. The van der Waals surface area contributed by atoms with Crippen LogP contribution in [0.15, 0.2) is 30.3 Å². The Kier molecular flexibility index (Phi) is 6.92. The first kappa shape index (κ1) is 21.3. The second kappa shape index (κ2) is 9.41. The Labute approximate surface area is 173 Å². The van der Waals surface area contributed by atoms with Gasteiger partial charge < -0.3 is 10.1 Å². The Morgan fingerprint density at radius 1 is 1.17 bits per heavy atom. The minimum atomic E-state index is -0.208. The van der Waals surface area contributed by atoms with Crippen molar-refractivity contribution in [2.24, 2.45) is 0 Å². The Morgan fingerprint density at radius 3 is 2.52 bits per heavy atom. The molecule has 0 bridgehead atoms. The van der Waals surface area contributed by atoms with Crippen molar-refractivity contribution in [2.75, 3.05) is 44.7 Å². The van der Waals surface area contributed by atoms with Crippen molar-refractivity contribution in [2.45, 2.75) is 39.5 Å². The summed E-state index contributed by atoms with van der Waals surface area (Å²) in [7, 11) is 0. The van der Waals surface area contributed by atoms with Crippen LogP contribution in [0.2, 0.25) is 0 Å². The highest BCUT2D eigenvalue weighted by Crippen LogP contribution is 2.26. The number of amides is 2. The van der Waals surface area contributed by atoms with Gasteiger partial charge in [0.1, 0.15) is 5.82 Å². The molecule has 0 aliphatic carbocycles. The molecular formula is C22H33N5O2. The van der Waals surface area contributed by atoms with E-state index in [1.165, 1.54) is 5.56 Å². The quantitative estimate of drug-likeness (QED) is 0.731. The molecule has 1 aliphatic rings. The van der Waals surface area contributed by atoms with Crippen LogP contribution in [0, 0.1) is 6.92 Å². The van der Waals surface area contributed by atoms with Crippen LogP contribution in [-0.4, -0.2) is 60.1 Å². The molecule has 1 aromatic heterocycles. The minimum Gasteiger partial charge on any atom is -0.379 e. The zero-order valence-corrected chi connectivity index (χ0v) is 18.0. The maximum Gasteiger partial charge on any atom is 0.320 e. The summed E-state index contributed by atoms with van der Waals surface area (Å²) in [6, 6.07) is 9.86. The lowest BCUT2D eigenvalue weighted by Gasteiger charge is -2.26. The van der Waals surface area contributed by atoms with Crippen molar-refractivity contribution < 1.29 is 9.53 Å². The number of benzene rings is 1. The Bertz CT molecular complexity index is 802. The van der Waals surface area contributed by atoms with Crippen LogP contribution in [0.1, 0.15) is 38.4 Å². The van der Waals surface area contributed by atoms with Gasteiger partial charge in [-0.3, -0.25) is 10.2 Å². The molecular weight excluding hydrogens is 366 g/mol. The molecule has 7 heteroatoms. The van der Waals surface area contributed by atoms with Crippen molar-refractivity contribution in [3.05, 3.63) is 41.6 Å². The van der Waals surface area contributed by atoms with Gasteiger partial charge in [-0.2, -0.15) is 5.10 Å². The van der Waals surface area contributed by atoms with Gasteiger partial charge in [0.05, 0.1) is 24.6 Å². The first-order chi connectivity index (χ1) is 13.8. The van der Waals surface area contributed by atoms with Crippen LogP contribution >= 0.6 is 0 Å². The zero-order valence-electron chi connectivity index (χ0n) is 18.0. The molecule has 7 nitrogen and oxygen atoms in total. The third-order valence-corrected chi connectivity index (χ3v) is 5.04. The minimum absolute atomic E-state index is 0.110. The molecule has 1 aromatic carbocycles. The molecule has 0 saturated carbocycles. The molecule has 158 valence electrons. The molecule has 2 aromatic rings. The molecule has 2 amide bonds. The first-order valence-electron chi connectivity index (χ1n) is 10.4. The maximum absolute atomic E-state index is 12.5. The predicted molar refractivity (Wildman–Crippen MR) is 116 cm³/mol. The van der Waals surface area contributed by atoms with Gasteiger partial charge in [-0.25, -0.2) is 9.48 Å². The van der Waals surface area contributed by atoms with E-state index in [-0.39, 0.29) is 11.4 Å². The monoisotopic (exact) mass is 399 g/mol. The Morgan fingerprint density at radius 2 is 1.86 bits per heavy atom. The molecule has 29 heavy (non-hydrogen) atoms. The van der Waals surface area contributed by atoms with Gasteiger partial charge in [0.15, 0.2) is 0 Å². The number of ether oxygens (including phenoxy) is 1. The third-order valence-electron chi connectivity index (χ3n) is 5.04. The highest BCUT2D eigenvalue weighted by molar-refractivity contribution is 5.88. The number of nitrogens with zero attached hydrogens (tertiary/aromatic N) is 3. The molecule has 1 aliphatic heterocycles. The van der Waals surface area contributed by atoms with E-state index in [1.807, 2.05) is 30.3 Å². The van der Waals surface area contributed by atoms with E-state index in [0.717, 1.165) is 50.7 Å². The van der Waals surface area contributed by atoms with Crippen molar-refractivity contribution >= 4 is 11.8 Å². The molecule has 1 fully saturated rings. The number of urea groups is 1. The molecule has 3 rings (SSSR count). The van der Waals surface area contributed by atoms with E-state index in [1.54, 1.807) is 4.68 Å². The highest BCUT2D eigenvalue weighted by atomic mass is 16.5. The molecule has 1 saturated heterocycles. The van der Waals surface area contributed by atoms with Crippen molar-refractivity contribution in [3.63, 3.8) is 0 Å². The van der Waals surface area contributed by atoms with Crippen molar-refractivity contribution in [3.8, 4) is 5.69 Å². The van der Waals surface area contributed by atoms with E-state index < -0.39 is 0 Å². The number of aromatic nitrogens is 2. The number of nitrogens with one attached hydrogen (secondary N) is 2. The lowest BCUT2D eigenvalue weighted by Crippen LogP contribution is -2.38. The average molecular weight is 400 g/mol. The summed E-state index contributed by atoms with van der Waals surface area (Å²) in [5.41, 5.74) is 2.93. The van der Waals surface area contributed by atoms with E-state index >= 15 is 0 Å². The topological polar surface area (TPSA) is 71.4 Å². The smallest absolute Gasteiger partial charge is 0.320 e. The summed E-state index contributed by atoms with van der Waals surface area (Å²) < 4.78 is 7.16. The van der Waals surface area contributed by atoms with Crippen LogP contribution in [0.4, 0.5) is 10.6 Å². The van der Waals surface area contributed by atoms with E-state index in [0.29, 0.717) is 12.4 Å². The lowest BCUT2D eigenvalue weighted by molar-refractivity contribution is 0.0375. The molecule has 2 N–H and O–H groups in total. The molecule has 0 atom stereocenters. The fourth-order valence-corrected chi connectivity index (χ4v) is 3.21. The summed E-state index contributed by atoms with van der Waals surface area (Å²) >= 11 is 0. The Balaban J connectivity index is 1.61. The van der Waals surface area contributed by atoms with Crippen molar-refractivity contribution in [1.82, 2.24) is 20.0 Å². The molecule has 0 radical (unpaired) electrons. The number of rotatable bonds is 6. The van der Waals surface area contributed by atoms with Gasteiger partial charge in [0.25, 0.3) is 0 Å². The number of hydrogen-bond donors (Lipinski definition) is 2. The van der Waals surface area contributed by atoms with Gasteiger partial charge in [-0.05, 0) is 32.0 Å². The molecule has 2 heterocycles. The van der Waals surface area contributed by atoms with Crippen LogP contribution < -0.4 is 10.6 Å². The summed E-state index contributed by atoms with van der Waals surface area (Å²) in [6.07, 6.45) is 0.915. The van der Waals surface area contributed by atoms with Crippen LogP contribution in [0.25, 0.3) is 5.69 Å². The van der Waals surface area contributed by atoms with Crippen LogP contribution in [0.5, 0.6) is 0 Å². The molecule has 0 unspecified atom stereocenters. The summed E-state index contributed by atoms with van der Waals surface area (Å²) in [4.78, 5) is 14.8. The van der Waals surface area contributed by atoms with Gasteiger partial charge in [0, 0.05) is 31.1 Å². The first-order valence-corrected chi connectivity index (χ1v) is 10.4.